The van der Waals surface area contributed by atoms with Crippen molar-refractivity contribution in [1.29, 1.82) is 0 Å². The molecule has 2 N–H and O–H groups in total. The zero-order valence-corrected chi connectivity index (χ0v) is 13.6. The van der Waals surface area contributed by atoms with E-state index in [1.165, 1.54) is 0 Å². The molecule has 1 aliphatic heterocycles. The lowest BCUT2D eigenvalue weighted by Gasteiger charge is -2.23. The number of aromatic nitrogens is 2. The van der Waals surface area contributed by atoms with E-state index in [-0.39, 0.29) is 13.0 Å². The Kier molecular flexibility index (Phi) is 4.11. The molecule has 1 aromatic carbocycles. The first-order valence-electron chi connectivity index (χ1n) is 7.69. The lowest BCUT2D eigenvalue weighted by Crippen LogP contribution is -2.55. The number of nitrogens with one attached hydrogen (secondary N) is 1. The summed E-state index contributed by atoms with van der Waals surface area (Å²) in [5.41, 5.74) is 1.81. The number of ether oxygens (including phenoxy) is 1. The molecule has 0 aliphatic carbocycles. The molecule has 7 nitrogen and oxygen atoms in total. The van der Waals surface area contributed by atoms with Crippen LogP contribution in [0.1, 0.15) is 28.2 Å². The van der Waals surface area contributed by atoms with Gasteiger partial charge in [0.15, 0.2) is 5.54 Å². The first-order chi connectivity index (χ1) is 11.4. The fraction of sp³-hybridized carbons (Fsp3) is 0.353. The summed E-state index contributed by atoms with van der Waals surface area (Å²) in [6, 6.07) is 8.86. The second-order valence-electron chi connectivity index (χ2n) is 6.03. The highest BCUT2D eigenvalue weighted by atomic mass is 16.5. The summed E-state index contributed by atoms with van der Waals surface area (Å²) in [5.74, 6) is -1.50. The molecular formula is C17H19N3O4. The summed E-state index contributed by atoms with van der Waals surface area (Å²) < 4.78 is 6.94. The van der Waals surface area contributed by atoms with E-state index >= 15 is 0 Å². The minimum absolute atomic E-state index is 0.0160. The van der Waals surface area contributed by atoms with Gasteiger partial charge in [0.1, 0.15) is 0 Å². The predicted octanol–water partition coefficient (Wildman–Crippen LogP) is 1.46. The third-order valence-corrected chi connectivity index (χ3v) is 4.17. The lowest BCUT2D eigenvalue weighted by atomic mass is 9.98. The molecule has 1 unspecified atom stereocenters. The summed E-state index contributed by atoms with van der Waals surface area (Å²) in [4.78, 5) is 23.8. The Balaban J connectivity index is 1.79. The van der Waals surface area contributed by atoms with Gasteiger partial charge in [-0.1, -0.05) is 0 Å². The van der Waals surface area contributed by atoms with Gasteiger partial charge in [0.25, 0.3) is 5.91 Å². The maximum atomic E-state index is 12.4. The van der Waals surface area contributed by atoms with E-state index in [1.54, 1.807) is 28.9 Å². The number of nitrogens with zero attached hydrogens (tertiary/aromatic N) is 2. The molecule has 0 bridgehead atoms. The monoisotopic (exact) mass is 329 g/mol. The smallest absolute Gasteiger partial charge is 0.331 e. The highest BCUT2D eigenvalue weighted by Crippen LogP contribution is 2.20. The Bertz CT molecular complexity index is 774. The van der Waals surface area contributed by atoms with Crippen LogP contribution < -0.4 is 5.32 Å². The predicted molar refractivity (Wildman–Crippen MR) is 86.3 cm³/mol. The van der Waals surface area contributed by atoms with Crippen molar-refractivity contribution in [2.45, 2.75) is 25.8 Å². The maximum Gasteiger partial charge on any atom is 0.331 e. The maximum absolute atomic E-state index is 12.4. The van der Waals surface area contributed by atoms with Crippen molar-refractivity contribution in [1.82, 2.24) is 15.1 Å². The SMILES string of the molecule is Cc1cc(C)n(-c2ccc(C(=O)NC3(C(=O)O)CCOC3)cc2)n1. The Labute approximate surface area is 139 Å². The molecule has 1 aromatic heterocycles. The molecule has 0 spiro atoms. The number of carboxylic acids is 1. The van der Waals surface area contributed by atoms with Gasteiger partial charge in [-0.25, -0.2) is 9.48 Å². The van der Waals surface area contributed by atoms with Crippen molar-refractivity contribution in [2.24, 2.45) is 0 Å². The number of carbonyl (C=O) groups excluding carboxylic acids is 1. The van der Waals surface area contributed by atoms with E-state index in [2.05, 4.69) is 10.4 Å². The van der Waals surface area contributed by atoms with Gasteiger partial charge >= 0.3 is 5.97 Å². The fourth-order valence-corrected chi connectivity index (χ4v) is 2.82. The summed E-state index contributed by atoms with van der Waals surface area (Å²) in [6.07, 6.45) is 0.262. The van der Waals surface area contributed by atoms with Crippen LogP contribution in [-0.2, 0) is 9.53 Å². The number of carbonyl (C=O) groups is 2. The summed E-state index contributed by atoms with van der Waals surface area (Å²) in [5, 5.41) is 16.4. The van der Waals surface area contributed by atoms with Crippen LogP contribution in [0.3, 0.4) is 0 Å². The molecule has 126 valence electrons. The third-order valence-electron chi connectivity index (χ3n) is 4.17. The van der Waals surface area contributed by atoms with E-state index in [0.29, 0.717) is 12.2 Å². The standard InChI is InChI=1S/C17H19N3O4/c1-11-9-12(2)20(19-11)14-5-3-13(4-6-14)15(21)18-17(16(22)23)7-8-24-10-17/h3-6,9H,7-8,10H2,1-2H3,(H,18,21)(H,22,23). The molecular weight excluding hydrogens is 310 g/mol. The lowest BCUT2D eigenvalue weighted by molar-refractivity contribution is -0.144. The molecule has 1 atom stereocenters. The Morgan fingerprint density at radius 2 is 2.00 bits per heavy atom. The number of hydrogen-bond acceptors (Lipinski definition) is 4. The minimum Gasteiger partial charge on any atom is -0.479 e. The van der Waals surface area contributed by atoms with Gasteiger partial charge in [-0.15, -0.1) is 0 Å². The number of aliphatic carboxylic acids is 1. The number of carboxylic acid groups (broad SMARTS) is 1. The van der Waals surface area contributed by atoms with E-state index in [4.69, 9.17) is 4.74 Å². The average Bonchev–Trinajstić information content (AvgIpc) is 3.15. The first kappa shape index (κ1) is 16.2. The topological polar surface area (TPSA) is 93.5 Å². The number of rotatable bonds is 4. The molecule has 7 heteroatoms. The Morgan fingerprint density at radius 1 is 1.29 bits per heavy atom. The van der Waals surface area contributed by atoms with Gasteiger partial charge in [0, 0.05) is 24.3 Å². The number of benzene rings is 1. The van der Waals surface area contributed by atoms with Crippen LogP contribution in [0.15, 0.2) is 30.3 Å². The third kappa shape index (κ3) is 2.90. The molecule has 2 aromatic rings. The molecule has 1 aliphatic rings. The second-order valence-corrected chi connectivity index (χ2v) is 6.03. The fourth-order valence-electron chi connectivity index (χ4n) is 2.82. The minimum atomic E-state index is -1.34. The van der Waals surface area contributed by atoms with E-state index in [9.17, 15) is 14.7 Å². The number of aryl methyl sites for hydroxylation is 2. The molecule has 3 rings (SSSR count). The molecule has 24 heavy (non-hydrogen) atoms. The van der Waals surface area contributed by atoms with Crippen LogP contribution in [0.5, 0.6) is 0 Å². The van der Waals surface area contributed by atoms with Gasteiger partial charge in [-0.2, -0.15) is 5.10 Å². The van der Waals surface area contributed by atoms with Crippen molar-refractivity contribution in [2.75, 3.05) is 13.2 Å². The second kappa shape index (κ2) is 6.09. The van der Waals surface area contributed by atoms with E-state index in [1.807, 2.05) is 19.9 Å². The average molecular weight is 329 g/mol. The van der Waals surface area contributed by atoms with Crippen molar-refractivity contribution < 1.29 is 19.4 Å². The van der Waals surface area contributed by atoms with Crippen LogP contribution >= 0.6 is 0 Å². The van der Waals surface area contributed by atoms with Crippen molar-refractivity contribution in [3.63, 3.8) is 0 Å². The molecule has 1 fully saturated rings. The van der Waals surface area contributed by atoms with Crippen LogP contribution in [0.4, 0.5) is 0 Å². The molecule has 1 saturated heterocycles. The summed E-state index contributed by atoms with van der Waals surface area (Å²) >= 11 is 0. The summed E-state index contributed by atoms with van der Waals surface area (Å²) in [6.45, 7) is 4.18. The zero-order valence-electron chi connectivity index (χ0n) is 13.6. The van der Waals surface area contributed by atoms with Crippen LogP contribution in [0.25, 0.3) is 5.69 Å². The van der Waals surface area contributed by atoms with Gasteiger partial charge in [0.2, 0.25) is 0 Å². The van der Waals surface area contributed by atoms with Crippen molar-refractivity contribution in [3.8, 4) is 5.69 Å². The van der Waals surface area contributed by atoms with Gasteiger partial charge in [-0.3, -0.25) is 4.79 Å². The van der Waals surface area contributed by atoms with Gasteiger partial charge in [0.05, 0.1) is 18.0 Å². The molecule has 0 radical (unpaired) electrons. The first-order valence-corrected chi connectivity index (χ1v) is 7.69. The van der Waals surface area contributed by atoms with E-state index < -0.39 is 17.4 Å². The molecule has 0 saturated carbocycles. The van der Waals surface area contributed by atoms with Crippen molar-refractivity contribution >= 4 is 11.9 Å². The normalized spacial score (nSPS) is 20.1. The molecule has 1 amide bonds. The zero-order chi connectivity index (χ0) is 17.3. The van der Waals surface area contributed by atoms with Crippen LogP contribution in [0.2, 0.25) is 0 Å². The van der Waals surface area contributed by atoms with Gasteiger partial charge < -0.3 is 15.2 Å². The highest BCUT2D eigenvalue weighted by molar-refractivity contribution is 5.98. The van der Waals surface area contributed by atoms with Crippen molar-refractivity contribution in [3.05, 3.63) is 47.3 Å². The number of hydrogen-bond donors (Lipinski definition) is 2. The van der Waals surface area contributed by atoms with E-state index in [0.717, 1.165) is 17.1 Å². The highest BCUT2D eigenvalue weighted by Gasteiger charge is 2.44. The van der Waals surface area contributed by atoms with Crippen LogP contribution in [0, 0.1) is 13.8 Å². The van der Waals surface area contributed by atoms with Crippen LogP contribution in [-0.4, -0.2) is 45.5 Å². The quantitative estimate of drug-likeness (QED) is 0.886. The Hall–Kier alpha value is -2.67. The summed E-state index contributed by atoms with van der Waals surface area (Å²) in [7, 11) is 0. The van der Waals surface area contributed by atoms with Gasteiger partial charge in [-0.05, 0) is 44.2 Å². The number of amides is 1. The largest absolute Gasteiger partial charge is 0.479 e. The molecule has 2 heterocycles. The Morgan fingerprint density at radius 3 is 2.50 bits per heavy atom.